The first-order valence-electron chi connectivity index (χ1n) is 7.50. The zero-order valence-corrected chi connectivity index (χ0v) is 13.9. The highest BCUT2D eigenvalue weighted by molar-refractivity contribution is 5.92. The molecule has 0 aromatic heterocycles. The molecule has 1 N–H and O–H groups in total. The third kappa shape index (κ3) is 4.78. The molecule has 0 aliphatic rings. The van der Waals surface area contributed by atoms with Gasteiger partial charge in [0.25, 0.3) is 0 Å². The molecule has 1 amide bonds. The van der Waals surface area contributed by atoms with Crippen molar-refractivity contribution in [2.45, 2.75) is 6.42 Å². The number of anilines is 1. The van der Waals surface area contributed by atoms with E-state index in [1.54, 1.807) is 38.5 Å². The molecule has 0 saturated carbocycles. The molecule has 2 rings (SSSR count). The third-order valence-corrected chi connectivity index (χ3v) is 3.30. The van der Waals surface area contributed by atoms with Crippen molar-refractivity contribution < 1.29 is 19.0 Å². The summed E-state index contributed by atoms with van der Waals surface area (Å²) in [6, 6.07) is 12.7. The Labute approximate surface area is 141 Å². The molecule has 0 radical (unpaired) electrons. The van der Waals surface area contributed by atoms with E-state index in [9.17, 15) is 4.79 Å². The Hall–Kier alpha value is -2.95. The van der Waals surface area contributed by atoms with E-state index in [0.717, 1.165) is 5.56 Å². The Kier molecular flexibility index (Phi) is 6.25. The lowest BCUT2D eigenvalue weighted by Crippen LogP contribution is -2.14. The molecular formula is C19H21NO4. The topological polar surface area (TPSA) is 56.8 Å². The third-order valence-electron chi connectivity index (χ3n) is 3.30. The quantitative estimate of drug-likeness (QED) is 0.755. The first kappa shape index (κ1) is 17.4. The van der Waals surface area contributed by atoms with Crippen molar-refractivity contribution in [3.8, 4) is 17.2 Å². The number of ether oxygens (including phenoxy) is 3. The van der Waals surface area contributed by atoms with E-state index in [1.165, 1.54) is 0 Å². The van der Waals surface area contributed by atoms with Crippen LogP contribution in [0.25, 0.3) is 0 Å². The first-order chi connectivity index (χ1) is 11.7. The molecule has 0 heterocycles. The van der Waals surface area contributed by atoms with Crippen LogP contribution in [-0.4, -0.2) is 26.7 Å². The highest BCUT2D eigenvalue weighted by Crippen LogP contribution is 2.27. The summed E-state index contributed by atoms with van der Waals surface area (Å²) in [7, 11) is 3.14. The maximum Gasteiger partial charge on any atom is 0.228 e. The summed E-state index contributed by atoms with van der Waals surface area (Å²) in [4.78, 5) is 12.2. The van der Waals surface area contributed by atoms with Gasteiger partial charge in [-0.2, -0.15) is 0 Å². The Morgan fingerprint density at radius 2 is 1.92 bits per heavy atom. The molecule has 0 aliphatic heterocycles. The van der Waals surface area contributed by atoms with Gasteiger partial charge in [-0.25, -0.2) is 0 Å². The monoisotopic (exact) mass is 327 g/mol. The Morgan fingerprint density at radius 1 is 1.12 bits per heavy atom. The predicted molar refractivity (Wildman–Crippen MR) is 94.0 cm³/mol. The zero-order valence-electron chi connectivity index (χ0n) is 13.9. The largest absolute Gasteiger partial charge is 0.493 e. The van der Waals surface area contributed by atoms with E-state index in [-0.39, 0.29) is 12.3 Å². The molecule has 0 spiro atoms. The van der Waals surface area contributed by atoms with Gasteiger partial charge in [0.2, 0.25) is 5.91 Å². The second-order valence-electron chi connectivity index (χ2n) is 5.04. The number of amides is 1. The summed E-state index contributed by atoms with van der Waals surface area (Å²) in [6.07, 6.45) is 1.90. The Morgan fingerprint density at radius 3 is 2.62 bits per heavy atom. The molecular weight excluding hydrogens is 306 g/mol. The molecule has 126 valence electrons. The van der Waals surface area contributed by atoms with Gasteiger partial charge in [-0.15, -0.1) is 0 Å². The van der Waals surface area contributed by atoms with Crippen molar-refractivity contribution in [1.82, 2.24) is 0 Å². The average molecular weight is 327 g/mol. The second-order valence-corrected chi connectivity index (χ2v) is 5.04. The van der Waals surface area contributed by atoms with Gasteiger partial charge in [-0.1, -0.05) is 24.8 Å². The van der Waals surface area contributed by atoms with Gasteiger partial charge in [-0.3, -0.25) is 4.79 Å². The van der Waals surface area contributed by atoms with E-state index >= 15 is 0 Å². The van der Waals surface area contributed by atoms with Crippen LogP contribution in [-0.2, 0) is 11.2 Å². The van der Waals surface area contributed by atoms with E-state index in [2.05, 4.69) is 11.9 Å². The van der Waals surface area contributed by atoms with Crippen LogP contribution in [0.2, 0.25) is 0 Å². The Balaban J connectivity index is 2.01. The summed E-state index contributed by atoms with van der Waals surface area (Å²) in [5.41, 5.74) is 1.52. The van der Waals surface area contributed by atoms with Crippen LogP contribution < -0.4 is 19.5 Å². The van der Waals surface area contributed by atoms with Crippen LogP contribution in [0.15, 0.2) is 55.1 Å². The van der Waals surface area contributed by atoms with E-state index in [1.807, 2.05) is 24.3 Å². The van der Waals surface area contributed by atoms with Crippen LogP contribution in [0.3, 0.4) is 0 Å². The number of methoxy groups -OCH3 is 2. The minimum Gasteiger partial charge on any atom is -0.493 e. The second kappa shape index (κ2) is 8.62. The van der Waals surface area contributed by atoms with E-state index < -0.39 is 0 Å². The fourth-order valence-corrected chi connectivity index (χ4v) is 2.20. The number of carbonyl (C=O) groups is 1. The molecule has 0 aliphatic carbocycles. The lowest BCUT2D eigenvalue weighted by Gasteiger charge is -2.10. The summed E-state index contributed by atoms with van der Waals surface area (Å²) >= 11 is 0. The van der Waals surface area contributed by atoms with Crippen LogP contribution in [0.5, 0.6) is 17.2 Å². The summed E-state index contributed by atoms with van der Waals surface area (Å²) < 4.78 is 15.9. The van der Waals surface area contributed by atoms with Crippen molar-refractivity contribution in [2.75, 3.05) is 26.1 Å². The molecule has 0 fully saturated rings. The lowest BCUT2D eigenvalue weighted by atomic mass is 10.1. The molecule has 5 nitrogen and oxygen atoms in total. The van der Waals surface area contributed by atoms with Crippen molar-refractivity contribution in [3.05, 3.63) is 60.7 Å². The molecule has 0 atom stereocenters. The Bertz CT molecular complexity index is 712. The van der Waals surface area contributed by atoms with Crippen molar-refractivity contribution in [1.29, 1.82) is 0 Å². The SMILES string of the molecule is C=CCOc1cccc(NC(=O)Cc2ccc(OC)c(OC)c2)c1. The standard InChI is InChI=1S/C19H21NO4/c1-4-10-24-16-7-5-6-15(13-16)20-19(21)12-14-8-9-17(22-2)18(11-14)23-3/h4-9,11,13H,1,10,12H2,2-3H3,(H,20,21). The van der Waals surface area contributed by atoms with Crippen molar-refractivity contribution >= 4 is 11.6 Å². The maximum absolute atomic E-state index is 12.2. The van der Waals surface area contributed by atoms with Gasteiger partial charge >= 0.3 is 0 Å². The number of benzene rings is 2. The number of carbonyl (C=O) groups excluding carboxylic acids is 1. The van der Waals surface area contributed by atoms with Crippen LogP contribution in [0.1, 0.15) is 5.56 Å². The number of rotatable bonds is 8. The maximum atomic E-state index is 12.2. The fraction of sp³-hybridized carbons (Fsp3) is 0.211. The van der Waals surface area contributed by atoms with Gasteiger partial charge in [-0.05, 0) is 29.8 Å². The molecule has 2 aromatic carbocycles. The molecule has 0 bridgehead atoms. The number of hydrogen-bond acceptors (Lipinski definition) is 4. The highest BCUT2D eigenvalue weighted by Gasteiger charge is 2.09. The van der Waals surface area contributed by atoms with Gasteiger partial charge in [0, 0.05) is 11.8 Å². The van der Waals surface area contributed by atoms with Gasteiger partial charge in [0.05, 0.1) is 20.6 Å². The van der Waals surface area contributed by atoms with Crippen molar-refractivity contribution in [3.63, 3.8) is 0 Å². The molecule has 5 heteroatoms. The predicted octanol–water partition coefficient (Wildman–Crippen LogP) is 3.45. The first-order valence-corrected chi connectivity index (χ1v) is 7.50. The van der Waals surface area contributed by atoms with Gasteiger partial charge in [0.1, 0.15) is 12.4 Å². The van der Waals surface area contributed by atoms with E-state index in [0.29, 0.717) is 29.5 Å². The van der Waals surface area contributed by atoms with Crippen LogP contribution >= 0.6 is 0 Å². The van der Waals surface area contributed by atoms with Crippen LogP contribution in [0.4, 0.5) is 5.69 Å². The fourth-order valence-electron chi connectivity index (χ4n) is 2.20. The summed E-state index contributed by atoms with van der Waals surface area (Å²) in [5, 5.41) is 2.86. The highest BCUT2D eigenvalue weighted by atomic mass is 16.5. The summed E-state index contributed by atoms with van der Waals surface area (Å²) in [5.74, 6) is 1.79. The molecule has 0 unspecified atom stereocenters. The number of hydrogen-bond donors (Lipinski definition) is 1. The van der Waals surface area contributed by atoms with Gasteiger partial charge in [0.15, 0.2) is 11.5 Å². The number of nitrogens with one attached hydrogen (secondary N) is 1. The molecule has 24 heavy (non-hydrogen) atoms. The minimum atomic E-state index is -0.122. The zero-order chi connectivity index (χ0) is 17.4. The lowest BCUT2D eigenvalue weighted by molar-refractivity contribution is -0.115. The van der Waals surface area contributed by atoms with Crippen LogP contribution in [0, 0.1) is 0 Å². The minimum absolute atomic E-state index is 0.122. The van der Waals surface area contributed by atoms with Gasteiger partial charge < -0.3 is 19.5 Å². The molecule has 0 saturated heterocycles. The molecule has 2 aromatic rings. The van der Waals surface area contributed by atoms with E-state index in [4.69, 9.17) is 14.2 Å². The summed E-state index contributed by atoms with van der Waals surface area (Å²) in [6.45, 7) is 4.03. The van der Waals surface area contributed by atoms with Crippen molar-refractivity contribution in [2.24, 2.45) is 0 Å². The normalized spacial score (nSPS) is 9.92. The average Bonchev–Trinajstić information content (AvgIpc) is 2.60. The smallest absolute Gasteiger partial charge is 0.228 e.